The van der Waals surface area contributed by atoms with Crippen LogP contribution >= 0.6 is 11.8 Å². The molecule has 0 saturated carbocycles. The number of benzene rings is 4. The van der Waals surface area contributed by atoms with Crippen molar-refractivity contribution in [3.05, 3.63) is 125 Å². The standard InChI is InChI=1S/C31H23NO3S/c1-19-22-16-23(26(33)18-27(22)35-31(19)30(34)21-12-6-3-7-13-21)25-17-29(20-10-4-2-5-11-20)36-28-15-9-8-14-24(28)32-25/h2-16,18,29,33H,17H2,1H3. The first-order valence-electron chi connectivity index (χ1n) is 11.8. The van der Waals surface area contributed by atoms with Gasteiger partial charge in [0.25, 0.3) is 0 Å². The maximum Gasteiger partial charge on any atom is 0.228 e. The fourth-order valence-corrected chi connectivity index (χ4v) is 5.89. The van der Waals surface area contributed by atoms with Crippen LogP contribution in [0, 0.1) is 6.92 Å². The first-order valence-corrected chi connectivity index (χ1v) is 12.7. The molecule has 36 heavy (non-hydrogen) atoms. The number of hydrogen-bond acceptors (Lipinski definition) is 5. The van der Waals surface area contributed by atoms with E-state index in [4.69, 9.17) is 9.41 Å². The second kappa shape index (κ2) is 9.17. The zero-order valence-electron chi connectivity index (χ0n) is 19.6. The number of phenols is 1. The third-order valence-corrected chi connectivity index (χ3v) is 7.87. The SMILES string of the molecule is Cc1c(C(=O)c2ccccc2)oc2cc(O)c(C3=Nc4ccccc4SC(c4ccccc4)C3)cc12. The Balaban J connectivity index is 1.47. The monoisotopic (exact) mass is 489 g/mol. The first-order chi connectivity index (χ1) is 17.6. The summed E-state index contributed by atoms with van der Waals surface area (Å²) < 4.78 is 5.96. The van der Waals surface area contributed by atoms with Gasteiger partial charge in [-0.3, -0.25) is 9.79 Å². The molecule has 4 nitrogen and oxygen atoms in total. The number of thioether (sulfide) groups is 1. The van der Waals surface area contributed by atoms with Gasteiger partial charge in [0.05, 0.1) is 11.4 Å². The number of carbonyl (C=O) groups is 1. The molecule has 0 fully saturated rings. The number of hydrogen-bond donors (Lipinski definition) is 1. The zero-order chi connectivity index (χ0) is 24.6. The predicted molar refractivity (Wildman–Crippen MR) is 145 cm³/mol. The third kappa shape index (κ3) is 4.01. The summed E-state index contributed by atoms with van der Waals surface area (Å²) >= 11 is 1.79. The van der Waals surface area contributed by atoms with Gasteiger partial charge in [-0.15, -0.1) is 11.8 Å². The van der Waals surface area contributed by atoms with Crippen LogP contribution in [-0.4, -0.2) is 16.6 Å². The molecule has 2 heterocycles. The largest absolute Gasteiger partial charge is 0.507 e. The lowest BCUT2D eigenvalue weighted by Crippen LogP contribution is -2.06. The number of aromatic hydroxyl groups is 1. The minimum absolute atomic E-state index is 0.0879. The summed E-state index contributed by atoms with van der Waals surface area (Å²) in [5.74, 6) is 0.204. The lowest BCUT2D eigenvalue weighted by atomic mass is 9.98. The molecule has 0 bridgehead atoms. The molecule has 6 rings (SSSR count). The number of phenolic OH excluding ortho intramolecular Hbond substituents is 1. The topological polar surface area (TPSA) is 62.8 Å². The van der Waals surface area contributed by atoms with Crippen molar-refractivity contribution in [3.8, 4) is 5.75 Å². The van der Waals surface area contributed by atoms with Gasteiger partial charge in [0.1, 0.15) is 11.3 Å². The minimum Gasteiger partial charge on any atom is -0.507 e. The van der Waals surface area contributed by atoms with Gasteiger partial charge in [0, 0.05) is 44.7 Å². The molecule has 1 N–H and O–H groups in total. The quantitative estimate of drug-likeness (QED) is 0.260. The van der Waals surface area contributed by atoms with Crippen molar-refractivity contribution in [2.75, 3.05) is 0 Å². The Bertz CT molecular complexity index is 1620. The Morgan fingerprint density at radius 2 is 1.64 bits per heavy atom. The van der Waals surface area contributed by atoms with Crippen molar-refractivity contribution in [3.63, 3.8) is 0 Å². The van der Waals surface area contributed by atoms with Crippen molar-refractivity contribution < 1.29 is 14.3 Å². The highest BCUT2D eigenvalue weighted by Crippen LogP contribution is 2.46. The van der Waals surface area contributed by atoms with Crippen LogP contribution in [-0.2, 0) is 0 Å². The molecule has 0 amide bonds. The van der Waals surface area contributed by atoms with E-state index < -0.39 is 0 Å². The van der Waals surface area contributed by atoms with E-state index in [0.29, 0.717) is 28.9 Å². The maximum absolute atomic E-state index is 13.1. The number of rotatable bonds is 4. The van der Waals surface area contributed by atoms with Gasteiger partial charge in [-0.05, 0) is 30.7 Å². The van der Waals surface area contributed by atoms with Crippen molar-refractivity contribution in [1.29, 1.82) is 0 Å². The van der Waals surface area contributed by atoms with Gasteiger partial charge >= 0.3 is 0 Å². The number of carbonyl (C=O) groups excluding carboxylic acids is 1. The van der Waals surface area contributed by atoms with E-state index in [0.717, 1.165) is 27.2 Å². The number of para-hydroxylation sites is 1. The Morgan fingerprint density at radius 3 is 2.42 bits per heavy atom. The van der Waals surface area contributed by atoms with Crippen molar-refractivity contribution >= 4 is 39.9 Å². The van der Waals surface area contributed by atoms with Crippen molar-refractivity contribution in [1.82, 2.24) is 0 Å². The van der Waals surface area contributed by atoms with Crippen LogP contribution in [0.15, 0.2) is 111 Å². The molecule has 1 atom stereocenters. The Kier molecular flexibility index (Phi) is 5.70. The summed E-state index contributed by atoms with van der Waals surface area (Å²) in [6.45, 7) is 1.88. The number of nitrogens with zero attached hydrogens (tertiary/aromatic N) is 1. The minimum atomic E-state index is -0.174. The molecule has 1 aliphatic heterocycles. The molecule has 1 aliphatic rings. The van der Waals surface area contributed by atoms with E-state index in [2.05, 4.69) is 18.2 Å². The first kappa shape index (κ1) is 22.4. The lowest BCUT2D eigenvalue weighted by Gasteiger charge is -2.16. The Morgan fingerprint density at radius 1 is 0.944 bits per heavy atom. The molecule has 4 aromatic carbocycles. The third-order valence-electron chi connectivity index (χ3n) is 6.55. The maximum atomic E-state index is 13.1. The average Bonchev–Trinajstić information content (AvgIpc) is 3.10. The second-order valence-corrected chi connectivity index (χ2v) is 10.1. The number of furan rings is 1. The summed E-state index contributed by atoms with van der Waals surface area (Å²) in [5.41, 5.74) is 5.36. The molecule has 0 radical (unpaired) electrons. The van der Waals surface area contributed by atoms with Crippen LogP contribution in [0.3, 0.4) is 0 Å². The average molecular weight is 490 g/mol. The molecule has 5 aromatic rings. The molecule has 0 spiro atoms. The molecule has 1 unspecified atom stereocenters. The van der Waals surface area contributed by atoms with E-state index in [1.54, 1.807) is 30.0 Å². The molecule has 1 aromatic heterocycles. The lowest BCUT2D eigenvalue weighted by molar-refractivity contribution is 0.101. The zero-order valence-corrected chi connectivity index (χ0v) is 20.5. The highest BCUT2D eigenvalue weighted by Gasteiger charge is 2.26. The normalized spacial score (nSPS) is 15.2. The van der Waals surface area contributed by atoms with Crippen LogP contribution in [0.4, 0.5) is 5.69 Å². The molecular weight excluding hydrogens is 466 g/mol. The van der Waals surface area contributed by atoms with Crippen molar-refractivity contribution in [2.24, 2.45) is 4.99 Å². The second-order valence-electron chi connectivity index (χ2n) is 8.86. The van der Waals surface area contributed by atoms with E-state index >= 15 is 0 Å². The van der Waals surface area contributed by atoms with Gasteiger partial charge in [0.15, 0.2) is 5.76 Å². The highest BCUT2D eigenvalue weighted by molar-refractivity contribution is 7.99. The molecule has 0 aliphatic carbocycles. The summed E-state index contributed by atoms with van der Waals surface area (Å²) in [6.07, 6.45) is 0.648. The Labute approximate surface area is 213 Å². The van der Waals surface area contributed by atoms with E-state index in [9.17, 15) is 9.90 Å². The summed E-state index contributed by atoms with van der Waals surface area (Å²) in [5, 5.41) is 12.0. The number of aryl methyl sites for hydroxylation is 1. The number of ketones is 1. The van der Waals surface area contributed by atoms with E-state index in [1.165, 1.54) is 5.56 Å². The van der Waals surface area contributed by atoms with Crippen molar-refractivity contribution in [2.45, 2.75) is 23.5 Å². The van der Waals surface area contributed by atoms with Crippen LogP contribution in [0.5, 0.6) is 5.75 Å². The Hall–Kier alpha value is -4.09. The number of aliphatic imine (C=N–C) groups is 1. The molecule has 176 valence electrons. The van der Waals surface area contributed by atoms with Gasteiger partial charge in [-0.1, -0.05) is 72.8 Å². The van der Waals surface area contributed by atoms with Crippen LogP contribution in [0.25, 0.3) is 11.0 Å². The van der Waals surface area contributed by atoms with Gasteiger partial charge < -0.3 is 9.52 Å². The summed E-state index contributed by atoms with van der Waals surface area (Å²) in [7, 11) is 0. The van der Waals surface area contributed by atoms with E-state index in [1.807, 2.05) is 67.6 Å². The number of fused-ring (bicyclic) bond motifs is 2. The molecule has 0 saturated heterocycles. The fraction of sp³-hybridized carbons (Fsp3) is 0.0968. The molecular formula is C31H23NO3S. The van der Waals surface area contributed by atoms with E-state index in [-0.39, 0.29) is 16.8 Å². The van der Waals surface area contributed by atoms with Gasteiger partial charge in [-0.25, -0.2) is 0 Å². The van der Waals surface area contributed by atoms with Crippen LogP contribution in [0.2, 0.25) is 0 Å². The predicted octanol–water partition coefficient (Wildman–Crippen LogP) is 8.04. The molecule has 5 heteroatoms. The van der Waals surface area contributed by atoms with Crippen LogP contribution in [0.1, 0.15) is 44.5 Å². The summed E-state index contributed by atoms with van der Waals surface area (Å²) in [6, 6.07) is 31.1. The highest BCUT2D eigenvalue weighted by atomic mass is 32.2. The smallest absolute Gasteiger partial charge is 0.228 e. The van der Waals surface area contributed by atoms with Gasteiger partial charge in [0.2, 0.25) is 5.78 Å². The summed E-state index contributed by atoms with van der Waals surface area (Å²) in [4.78, 5) is 19.2. The van der Waals surface area contributed by atoms with Gasteiger partial charge in [-0.2, -0.15) is 0 Å². The fourth-order valence-electron chi connectivity index (χ4n) is 4.66. The van der Waals surface area contributed by atoms with Crippen LogP contribution < -0.4 is 0 Å².